The fourth-order valence-electron chi connectivity index (χ4n) is 2.08. The van der Waals surface area contributed by atoms with Gasteiger partial charge in [0.25, 0.3) is 0 Å². The van der Waals surface area contributed by atoms with Crippen molar-refractivity contribution in [3.8, 4) is 0 Å². The van der Waals surface area contributed by atoms with E-state index in [1.54, 1.807) is 11.8 Å². The molecule has 3 rings (SSSR count). The number of nitrogens with zero attached hydrogens (tertiary/aromatic N) is 1. The van der Waals surface area contributed by atoms with Crippen LogP contribution in [0, 0.1) is 6.92 Å². The van der Waals surface area contributed by atoms with Crippen LogP contribution in [0.2, 0.25) is 0 Å². The molecule has 0 spiro atoms. The quantitative estimate of drug-likeness (QED) is 0.825. The van der Waals surface area contributed by atoms with Gasteiger partial charge >= 0.3 is 0 Å². The van der Waals surface area contributed by atoms with Gasteiger partial charge in [0, 0.05) is 15.9 Å². The molecule has 1 aliphatic heterocycles. The zero-order valence-electron chi connectivity index (χ0n) is 11.1. The number of thioether (sulfide) groups is 1. The number of rotatable bonds is 2. The second-order valence-corrected chi connectivity index (χ2v) is 6.62. The second-order valence-electron chi connectivity index (χ2n) is 4.76. The third-order valence-electron chi connectivity index (χ3n) is 3.26. The molecule has 0 saturated carbocycles. The van der Waals surface area contributed by atoms with Gasteiger partial charge in [-0.2, -0.15) is 0 Å². The van der Waals surface area contributed by atoms with Crippen molar-refractivity contribution in [2.45, 2.75) is 13.0 Å². The molecule has 1 unspecified atom stereocenters. The third-order valence-corrected chi connectivity index (χ3v) is 5.08. The summed E-state index contributed by atoms with van der Waals surface area (Å²) in [5.74, 6) is 0.999. The minimum Gasteiger partial charge on any atom is -0.335 e. The van der Waals surface area contributed by atoms with E-state index in [1.807, 2.05) is 6.07 Å². The number of halogens is 1. The van der Waals surface area contributed by atoms with Crippen LogP contribution in [0.4, 0.5) is 5.69 Å². The molecule has 0 fully saturated rings. The number of benzene rings is 2. The van der Waals surface area contributed by atoms with E-state index < -0.39 is 0 Å². The maximum atomic E-state index is 4.76. The molecule has 2 aromatic carbocycles. The Morgan fingerprint density at radius 2 is 2.00 bits per heavy atom. The molecule has 1 atom stereocenters. The Bertz CT molecular complexity index is 640. The van der Waals surface area contributed by atoms with Crippen molar-refractivity contribution >= 4 is 38.5 Å². The maximum Gasteiger partial charge on any atom is 0.161 e. The van der Waals surface area contributed by atoms with E-state index >= 15 is 0 Å². The standard InChI is InChI=1S/C16H15BrN2S/c1-11-7-8-13(9-14(11)17)18-16-19-15(10-20-16)12-5-3-2-4-6-12/h2-9,15H,10H2,1H3,(H,18,19). The van der Waals surface area contributed by atoms with E-state index in [9.17, 15) is 0 Å². The van der Waals surface area contributed by atoms with E-state index in [2.05, 4.69) is 70.6 Å². The van der Waals surface area contributed by atoms with Crippen molar-refractivity contribution in [2.75, 3.05) is 11.1 Å². The molecular formula is C16H15BrN2S. The van der Waals surface area contributed by atoms with Crippen LogP contribution in [0.5, 0.6) is 0 Å². The Hall–Kier alpha value is -1.26. The van der Waals surface area contributed by atoms with Crippen molar-refractivity contribution in [1.82, 2.24) is 0 Å². The van der Waals surface area contributed by atoms with Crippen LogP contribution in [-0.2, 0) is 0 Å². The predicted molar refractivity (Wildman–Crippen MR) is 91.6 cm³/mol. The van der Waals surface area contributed by atoms with E-state index in [1.165, 1.54) is 11.1 Å². The molecule has 4 heteroatoms. The average molecular weight is 347 g/mol. The number of aryl methyl sites for hydroxylation is 1. The first-order chi connectivity index (χ1) is 9.72. The smallest absolute Gasteiger partial charge is 0.161 e. The summed E-state index contributed by atoms with van der Waals surface area (Å²) >= 11 is 5.33. The summed E-state index contributed by atoms with van der Waals surface area (Å²) in [7, 11) is 0. The lowest BCUT2D eigenvalue weighted by Gasteiger charge is -2.07. The summed E-state index contributed by atoms with van der Waals surface area (Å²) in [6.07, 6.45) is 0. The van der Waals surface area contributed by atoms with E-state index in [0.29, 0.717) is 0 Å². The molecule has 2 nitrogen and oxygen atoms in total. The summed E-state index contributed by atoms with van der Waals surface area (Å²) in [5, 5.41) is 4.39. The average Bonchev–Trinajstić information content (AvgIpc) is 2.92. The fourth-order valence-corrected chi connectivity index (χ4v) is 3.44. The van der Waals surface area contributed by atoms with E-state index in [4.69, 9.17) is 4.99 Å². The molecule has 0 aliphatic carbocycles. The molecule has 1 N–H and O–H groups in total. The van der Waals surface area contributed by atoms with Crippen molar-refractivity contribution in [3.63, 3.8) is 0 Å². The number of hydrogen-bond acceptors (Lipinski definition) is 3. The summed E-state index contributed by atoms with van der Waals surface area (Å²) in [6, 6.07) is 17.0. The van der Waals surface area contributed by atoms with Crippen LogP contribution in [0.25, 0.3) is 0 Å². The Labute approximate surface area is 131 Å². The zero-order chi connectivity index (χ0) is 13.9. The molecule has 2 aromatic rings. The lowest BCUT2D eigenvalue weighted by Crippen LogP contribution is -2.04. The summed E-state index contributed by atoms with van der Waals surface area (Å²) in [4.78, 5) is 4.76. The summed E-state index contributed by atoms with van der Waals surface area (Å²) in [5.41, 5.74) is 3.59. The highest BCUT2D eigenvalue weighted by Gasteiger charge is 2.19. The van der Waals surface area contributed by atoms with Gasteiger partial charge in [-0.05, 0) is 30.2 Å². The summed E-state index contributed by atoms with van der Waals surface area (Å²) in [6.45, 7) is 2.08. The highest BCUT2D eigenvalue weighted by molar-refractivity contribution is 9.10. The topological polar surface area (TPSA) is 24.4 Å². The maximum absolute atomic E-state index is 4.76. The van der Waals surface area contributed by atoms with Crippen molar-refractivity contribution in [1.29, 1.82) is 0 Å². The molecule has 0 radical (unpaired) electrons. The first-order valence-electron chi connectivity index (χ1n) is 6.51. The van der Waals surface area contributed by atoms with E-state index in [-0.39, 0.29) is 6.04 Å². The number of hydrogen-bond donors (Lipinski definition) is 1. The van der Waals surface area contributed by atoms with Crippen LogP contribution in [0.1, 0.15) is 17.2 Å². The first-order valence-corrected chi connectivity index (χ1v) is 8.29. The molecule has 20 heavy (non-hydrogen) atoms. The third kappa shape index (κ3) is 3.07. The van der Waals surface area contributed by atoms with Crippen molar-refractivity contribution in [2.24, 2.45) is 4.99 Å². The first kappa shape index (κ1) is 13.7. The van der Waals surface area contributed by atoms with Gasteiger partial charge in [0.2, 0.25) is 0 Å². The van der Waals surface area contributed by atoms with Gasteiger partial charge in [0.1, 0.15) is 0 Å². The molecule has 102 valence electrons. The lowest BCUT2D eigenvalue weighted by molar-refractivity contribution is 0.849. The predicted octanol–water partition coefficient (Wildman–Crippen LogP) is 5.01. The van der Waals surface area contributed by atoms with Gasteiger partial charge in [-0.3, -0.25) is 4.99 Å². The molecule has 0 saturated heterocycles. The van der Waals surface area contributed by atoms with Gasteiger partial charge in [0.15, 0.2) is 5.17 Å². The van der Waals surface area contributed by atoms with Gasteiger partial charge in [0.05, 0.1) is 6.04 Å². The lowest BCUT2D eigenvalue weighted by atomic mass is 10.1. The van der Waals surface area contributed by atoms with Crippen LogP contribution < -0.4 is 5.32 Å². The number of amidine groups is 1. The highest BCUT2D eigenvalue weighted by atomic mass is 79.9. The highest BCUT2D eigenvalue weighted by Crippen LogP contribution is 2.31. The van der Waals surface area contributed by atoms with Crippen molar-refractivity contribution in [3.05, 3.63) is 64.1 Å². The molecular weight excluding hydrogens is 332 g/mol. The SMILES string of the molecule is Cc1ccc(NC2=NC(c3ccccc3)CS2)cc1Br. The largest absolute Gasteiger partial charge is 0.335 e. The Balaban J connectivity index is 1.74. The Morgan fingerprint density at radius 1 is 1.20 bits per heavy atom. The number of aliphatic imine (C=N–C) groups is 1. The number of anilines is 1. The van der Waals surface area contributed by atoms with Crippen LogP contribution in [-0.4, -0.2) is 10.9 Å². The summed E-state index contributed by atoms with van der Waals surface area (Å²) < 4.78 is 1.12. The van der Waals surface area contributed by atoms with Crippen molar-refractivity contribution < 1.29 is 0 Å². The monoisotopic (exact) mass is 346 g/mol. The minimum atomic E-state index is 0.262. The molecule has 1 heterocycles. The zero-order valence-corrected chi connectivity index (χ0v) is 13.5. The van der Waals surface area contributed by atoms with Crippen LogP contribution >= 0.6 is 27.7 Å². The fraction of sp³-hybridized carbons (Fsp3) is 0.188. The van der Waals surface area contributed by atoms with Crippen LogP contribution in [0.3, 0.4) is 0 Å². The minimum absolute atomic E-state index is 0.262. The molecule has 0 bridgehead atoms. The Kier molecular flexibility index (Phi) is 4.13. The van der Waals surface area contributed by atoms with Crippen LogP contribution in [0.15, 0.2) is 58.0 Å². The van der Waals surface area contributed by atoms with Gasteiger partial charge in [-0.1, -0.05) is 64.1 Å². The molecule has 1 aliphatic rings. The van der Waals surface area contributed by atoms with Gasteiger partial charge in [-0.15, -0.1) is 0 Å². The second kappa shape index (κ2) is 6.02. The molecule has 0 amide bonds. The molecule has 0 aromatic heterocycles. The van der Waals surface area contributed by atoms with Gasteiger partial charge < -0.3 is 5.32 Å². The normalized spacial score (nSPS) is 17.9. The Morgan fingerprint density at radius 3 is 2.75 bits per heavy atom. The van der Waals surface area contributed by atoms with Gasteiger partial charge in [-0.25, -0.2) is 0 Å². The number of nitrogens with one attached hydrogen (secondary N) is 1. The van der Waals surface area contributed by atoms with E-state index in [0.717, 1.165) is 21.1 Å².